The Morgan fingerprint density at radius 1 is 1.03 bits per heavy atom. The number of hydrogen-bond donors (Lipinski definition) is 4. The molecule has 8 heteroatoms. The van der Waals surface area contributed by atoms with Gasteiger partial charge in [0.2, 0.25) is 0 Å². The molecular weight excluding hydrogens is 488 g/mol. The van der Waals surface area contributed by atoms with Crippen LogP contribution in [0.25, 0.3) is 5.57 Å². The Labute approximate surface area is 229 Å². The van der Waals surface area contributed by atoms with Crippen LogP contribution in [0.1, 0.15) is 70.0 Å². The second-order valence-corrected chi connectivity index (χ2v) is 10.2. The largest absolute Gasteiger partial charge is 0.404 e. The van der Waals surface area contributed by atoms with Gasteiger partial charge < -0.3 is 26.7 Å². The highest BCUT2D eigenvalue weighted by Crippen LogP contribution is 2.30. The lowest BCUT2D eigenvalue weighted by molar-refractivity contribution is 0.0712. The molecule has 3 aromatic rings. The second kappa shape index (κ2) is 12.4. The highest BCUT2D eigenvalue weighted by Gasteiger charge is 2.25. The fourth-order valence-electron chi connectivity index (χ4n) is 4.77. The number of nitrogens with two attached hydrogens (primary N) is 1. The Morgan fingerprint density at radius 3 is 2.28 bits per heavy atom. The standard InChI is InChI=1S/C31H36N6O2/c1-20(2)35-29-11-10-26(19-34-29)30(38)36-28-16-25(5-4-21(28)3)31(39)37-14-12-24(13-15-37)22-6-8-23(9-7-22)27(17-32)18-33/h4-11,16-20,24,32H,12-15,33H2,1-3H3,(H,34,35)(H,36,38)/b27-18+,32-17?. The molecule has 4 rings (SSSR count). The van der Waals surface area contributed by atoms with Crippen LogP contribution in [0.3, 0.4) is 0 Å². The van der Waals surface area contributed by atoms with E-state index in [0.717, 1.165) is 24.0 Å². The Bertz CT molecular complexity index is 1350. The molecule has 0 aliphatic carbocycles. The molecular formula is C31H36N6O2. The maximum absolute atomic E-state index is 13.3. The predicted molar refractivity (Wildman–Crippen MR) is 157 cm³/mol. The second-order valence-electron chi connectivity index (χ2n) is 10.2. The normalized spacial score (nSPS) is 14.3. The molecule has 0 saturated carbocycles. The molecule has 0 bridgehead atoms. The lowest BCUT2D eigenvalue weighted by atomic mass is 9.88. The number of carbonyl (C=O) groups excluding carboxylic acids is 2. The Hall–Kier alpha value is -4.46. The van der Waals surface area contributed by atoms with E-state index >= 15 is 0 Å². The number of amides is 2. The molecule has 8 nitrogen and oxygen atoms in total. The van der Waals surface area contributed by atoms with Gasteiger partial charge in [-0.05, 0) is 80.5 Å². The third-order valence-electron chi connectivity index (χ3n) is 7.03. The number of likely N-dealkylation sites (tertiary alicyclic amines) is 1. The minimum absolute atomic E-state index is 0.0335. The summed E-state index contributed by atoms with van der Waals surface area (Å²) in [5.74, 6) is 0.783. The first-order chi connectivity index (χ1) is 18.8. The van der Waals surface area contributed by atoms with E-state index in [-0.39, 0.29) is 17.9 Å². The van der Waals surface area contributed by atoms with E-state index in [0.29, 0.717) is 47.2 Å². The van der Waals surface area contributed by atoms with Gasteiger partial charge in [-0.25, -0.2) is 4.98 Å². The van der Waals surface area contributed by atoms with Crippen LogP contribution >= 0.6 is 0 Å². The molecule has 1 aliphatic heterocycles. The summed E-state index contributed by atoms with van der Waals surface area (Å²) in [7, 11) is 0. The van der Waals surface area contributed by atoms with Crippen molar-refractivity contribution < 1.29 is 9.59 Å². The summed E-state index contributed by atoms with van der Waals surface area (Å²) < 4.78 is 0. The number of nitrogens with one attached hydrogen (secondary N) is 3. The molecule has 2 heterocycles. The van der Waals surface area contributed by atoms with Crippen molar-refractivity contribution in [3.8, 4) is 0 Å². The van der Waals surface area contributed by atoms with Crippen LogP contribution < -0.4 is 16.4 Å². The predicted octanol–water partition coefficient (Wildman–Crippen LogP) is 5.43. The van der Waals surface area contributed by atoms with Crippen molar-refractivity contribution in [1.29, 1.82) is 5.41 Å². The van der Waals surface area contributed by atoms with Crippen molar-refractivity contribution in [3.63, 3.8) is 0 Å². The van der Waals surface area contributed by atoms with Gasteiger partial charge >= 0.3 is 0 Å². The SMILES string of the molecule is Cc1ccc(C(=O)N2CCC(c3ccc(/C(C=N)=C/N)cc3)CC2)cc1NC(=O)c1ccc(NC(C)C)nc1. The maximum atomic E-state index is 13.3. The number of pyridine rings is 1. The molecule has 1 aliphatic rings. The van der Waals surface area contributed by atoms with E-state index in [2.05, 4.69) is 27.8 Å². The molecule has 0 spiro atoms. The number of hydrogen-bond acceptors (Lipinski definition) is 6. The van der Waals surface area contributed by atoms with Gasteiger partial charge in [0.1, 0.15) is 5.82 Å². The third-order valence-corrected chi connectivity index (χ3v) is 7.03. The van der Waals surface area contributed by atoms with Crippen LogP contribution in [0.15, 0.2) is 67.0 Å². The Balaban J connectivity index is 1.38. The first-order valence-electron chi connectivity index (χ1n) is 13.3. The maximum Gasteiger partial charge on any atom is 0.257 e. The van der Waals surface area contributed by atoms with Gasteiger partial charge in [-0.1, -0.05) is 30.3 Å². The van der Waals surface area contributed by atoms with Gasteiger partial charge in [0.05, 0.1) is 5.56 Å². The monoisotopic (exact) mass is 524 g/mol. The zero-order valence-corrected chi connectivity index (χ0v) is 22.7. The summed E-state index contributed by atoms with van der Waals surface area (Å²) in [6.07, 6.45) is 5.98. The zero-order valence-electron chi connectivity index (χ0n) is 22.7. The van der Waals surface area contributed by atoms with Crippen LogP contribution in [0.4, 0.5) is 11.5 Å². The number of aromatic nitrogens is 1. The Kier molecular flexibility index (Phi) is 8.76. The van der Waals surface area contributed by atoms with E-state index in [1.54, 1.807) is 24.4 Å². The zero-order chi connectivity index (χ0) is 27.9. The summed E-state index contributed by atoms with van der Waals surface area (Å²) in [5, 5.41) is 13.6. The van der Waals surface area contributed by atoms with Crippen LogP contribution in [-0.2, 0) is 0 Å². The number of nitrogens with zero attached hydrogens (tertiary/aromatic N) is 2. The van der Waals surface area contributed by atoms with Gasteiger partial charge in [-0.15, -0.1) is 0 Å². The van der Waals surface area contributed by atoms with Crippen molar-refractivity contribution in [2.24, 2.45) is 5.73 Å². The molecule has 1 fully saturated rings. The van der Waals surface area contributed by atoms with E-state index in [1.807, 2.05) is 49.9 Å². The summed E-state index contributed by atoms with van der Waals surface area (Å²) in [4.78, 5) is 32.4. The molecule has 202 valence electrons. The van der Waals surface area contributed by atoms with Crippen molar-refractivity contribution in [1.82, 2.24) is 9.88 Å². The highest BCUT2D eigenvalue weighted by molar-refractivity contribution is 6.08. The topological polar surface area (TPSA) is 124 Å². The fourth-order valence-corrected chi connectivity index (χ4v) is 4.77. The smallest absolute Gasteiger partial charge is 0.257 e. The summed E-state index contributed by atoms with van der Waals surface area (Å²) >= 11 is 0. The lowest BCUT2D eigenvalue weighted by Crippen LogP contribution is -2.38. The number of piperidine rings is 1. The first-order valence-corrected chi connectivity index (χ1v) is 13.3. The first kappa shape index (κ1) is 27.6. The molecule has 5 N–H and O–H groups in total. The minimum Gasteiger partial charge on any atom is -0.404 e. The quantitative estimate of drug-likeness (QED) is 0.293. The van der Waals surface area contributed by atoms with Crippen molar-refractivity contribution in [2.75, 3.05) is 23.7 Å². The van der Waals surface area contributed by atoms with Gasteiger partial charge in [0, 0.05) is 54.6 Å². The number of anilines is 2. The number of carbonyl (C=O) groups is 2. The van der Waals surface area contributed by atoms with Gasteiger partial charge in [0.25, 0.3) is 11.8 Å². The van der Waals surface area contributed by atoms with Crippen molar-refractivity contribution in [2.45, 2.75) is 45.6 Å². The van der Waals surface area contributed by atoms with E-state index in [4.69, 9.17) is 11.1 Å². The average Bonchev–Trinajstić information content (AvgIpc) is 2.95. The Morgan fingerprint density at radius 2 is 1.69 bits per heavy atom. The molecule has 39 heavy (non-hydrogen) atoms. The molecule has 2 aromatic carbocycles. The van der Waals surface area contributed by atoms with Crippen LogP contribution in [-0.4, -0.2) is 47.0 Å². The van der Waals surface area contributed by atoms with Gasteiger partial charge in [0.15, 0.2) is 0 Å². The summed E-state index contributed by atoms with van der Waals surface area (Å²) in [6, 6.07) is 17.4. The van der Waals surface area contributed by atoms with E-state index in [1.165, 1.54) is 18.0 Å². The highest BCUT2D eigenvalue weighted by atomic mass is 16.2. The molecule has 0 radical (unpaired) electrons. The molecule has 0 unspecified atom stereocenters. The molecule has 1 aromatic heterocycles. The van der Waals surface area contributed by atoms with Crippen molar-refractivity contribution in [3.05, 3.63) is 94.8 Å². The number of aryl methyl sites for hydroxylation is 1. The van der Waals surface area contributed by atoms with Gasteiger partial charge in [-0.2, -0.15) is 0 Å². The molecule has 2 amide bonds. The van der Waals surface area contributed by atoms with Crippen LogP contribution in [0, 0.1) is 12.3 Å². The number of rotatable bonds is 8. The minimum atomic E-state index is -0.271. The molecule has 1 saturated heterocycles. The van der Waals surface area contributed by atoms with Gasteiger partial charge in [-0.3, -0.25) is 9.59 Å². The average molecular weight is 525 g/mol. The summed E-state index contributed by atoms with van der Waals surface area (Å²) in [6.45, 7) is 7.29. The summed E-state index contributed by atoms with van der Waals surface area (Å²) in [5.41, 5.74) is 10.9. The third kappa shape index (κ3) is 6.71. The lowest BCUT2D eigenvalue weighted by Gasteiger charge is -2.32. The molecule has 0 atom stereocenters. The van der Waals surface area contributed by atoms with E-state index in [9.17, 15) is 9.59 Å². The number of benzene rings is 2. The van der Waals surface area contributed by atoms with Crippen molar-refractivity contribution >= 4 is 35.1 Å². The fraction of sp³-hybridized carbons (Fsp3) is 0.290. The van der Waals surface area contributed by atoms with E-state index < -0.39 is 0 Å². The number of allylic oxidation sites excluding steroid dienone is 1. The van der Waals surface area contributed by atoms with Crippen LogP contribution in [0.2, 0.25) is 0 Å². The van der Waals surface area contributed by atoms with Crippen LogP contribution in [0.5, 0.6) is 0 Å².